The van der Waals surface area contributed by atoms with E-state index >= 15 is 0 Å². The zero-order chi connectivity index (χ0) is 15.0. The molecule has 0 saturated carbocycles. The van der Waals surface area contributed by atoms with Crippen LogP contribution < -0.4 is 10.2 Å². The second-order valence-corrected chi connectivity index (χ2v) is 5.43. The molecule has 0 spiro atoms. The second-order valence-electron chi connectivity index (χ2n) is 4.51. The van der Waals surface area contributed by atoms with Gasteiger partial charge in [0.15, 0.2) is 5.82 Å². The highest BCUT2D eigenvalue weighted by Crippen LogP contribution is 2.38. The number of rotatable bonds is 2. The first-order chi connectivity index (χ1) is 10.1. The van der Waals surface area contributed by atoms with Gasteiger partial charge in [-0.15, -0.1) is 11.3 Å². The maximum absolute atomic E-state index is 11.5. The Morgan fingerprint density at radius 2 is 2.29 bits per heavy atom. The van der Waals surface area contributed by atoms with Gasteiger partial charge in [-0.3, -0.25) is 4.79 Å². The molecule has 7 nitrogen and oxygen atoms in total. The Balaban J connectivity index is 2.08. The average Bonchev–Trinajstić information content (AvgIpc) is 2.95. The van der Waals surface area contributed by atoms with E-state index in [1.165, 1.54) is 24.8 Å². The van der Waals surface area contributed by atoms with Crippen molar-refractivity contribution in [3.8, 4) is 10.6 Å². The number of hydrogen-bond acceptors (Lipinski definition) is 7. The quantitative estimate of drug-likeness (QED) is 0.844. The van der Waals surface area contributed by atoms with Crippen molar-refractivity contribution in [2.45, 2.75) is 0 Å². The Hall–Kier alpha value is -2.48. The van der Waals surface area contributed by atoms with Crippen LogP contribution in [0, 0.1) is 0 Å². The molecule has 0 fully saturated rings. The molecule has 1 N–H and O–H groups in total. The van der Waals surface area contributed by atoms with Crippen LogP contribution >= 0.6 is 11.3 Å². The summed E-state index contributed by atoms with van der Waals surface area (Å²) in [6.45, 7) is 0.239. The molecule has 1 aliphatic heterocycles. The largest absolute Gasteiger partial charge is 0.465 e. The van der Waals surface area contributed by atoms with Crippen molar-refractivity contribution in [3.63, 3.8) is 0 Å². The Labute approximate surface area is 124 Å². The minimum absolute atomic E-state index is 0.115. The van der Waals surface area contributed by atoms with E-state index in [-0.39, 0.29) is 18.4 Å². The lowest BCUT2D eigenvalue weighted by Crippen LogP contribution is -2.36. The number of ether oxygens (including phenoxy) is 1. The van der Waals surface area contributed by atoms with Gasteiger partial charge in [0.25, 0.3) is 0 Å². The maximum atomic E-state index is 11.5. The van der Waals surface area contributed by atoms with Crippen molar-refractivity contribution in [2.75, 3.05) is 30.9 Å². The molecule has 0 aliphatic carbocycles. The van der Waals surface area contributed by atoms with Gasteiger partial charge < -0.3 is 15.0 Å². The third kappa shape index (κ3) is 2.33. The summed E-state index contributed by atoms with van der Waals surface area (Å²) >= 11 is 1.39. The van der Waals surface area contributed by atoms with E-state index in [1.54, 1.807) is 23.4 Å². The number of carbonyl (C=O) groups is 2. The van der Waals surface area contributed by atoms with Crippen LogP contribution in [0.15, 0.2) is 17.8 Å². The smallest absolute Gasteiger partial charge is 0.338 e. The molecular weight excluding hydrogens is 292 g/mol. The molecule has 0 aromatic carbocycles. The molecule has 8 heteroatoms. The van der Waals surface area contributed by atoms with Crippen molar-refractivity contribution >= 4 is 34.7 Å². The lowest BCUT2D eigenvalue weighted by Gasteiger charge is -2.27. The molecule has 2 aromatic heterocycles. The number of hydrogen-bond donors (Lipinski definition) is 1. The highest BCUT2D eigenvalue weighted by atomic mass is 32.1. The molecule has 3 heterocycles. The molecule has 21 heavy (non-hydrogen) atoms. The highest BCUT2D eigenvalue weighted by Gasteiger charge is 2.25. The third-order valence-electron chi connectivity index (χ3n) is 3.10. The summed E-state index contributed by atoms with van der Waals surface area (Å²) in [7, 11) is 3.15. The second kappa shape index (κ2) is 5.13. The number of esters is 1. The molecule has 108 valence electrons. The number of nitrogens with one attached hydrogen (secondary N) is 1. The van der Waals surface area contributed by atoms with Gasteiger partial charge in [-0.05, 0) is 6.07 Å². The van der Waals surface area contributed by atoms with Crippen LogP contribution in [0.3, 0.4) is 0 Å². The van der Waals surface area contributed by atoms with E-state index in [0.717, 1.165) is 10.6 Å². The average molecular weight is 304 g/mol. The Morgan fingerprint density at radius 3 is 3.05 bits per heavy atom. The predicted molar refractivity (Wildman–Crippen MR) is 78.6 cm³/mol. The van der Waals surface area contributed by atoms with Crippen molar-refractivity contribution in [1.82, 2.24) is 9.97 Å². The fourth-order valence-corrected chi connectivity index (χ4v) is 3.04. The van der Waals surface area contributed by atoms with Crippen LogP contribution in [0.25, 0.3) is 10.6 Å². The number of fused-ring (bicyclic) bond motifs is 1. The standard InChI is InChI=1S/C13H12N4O3S/c1-17-4-9(18)16-12-11(17)10(14-6-15-12)8-3-7(5-21-8)13(19)20-2/h3,5-6H,4H2,1-2H3,(H,14,15,16,18). The van der Waals surface area contributed by atoms with Crippen molar-refractivity contribution < 1.29 is 14.3 Å². The van der Waals surface area contributed by atoms with Gasteiger partial charge in [0.1, 0.15) is 17.7 Å². The molecule has 0 saturated heterocycles. The van der Waals surface area contributed by atoms with Gasteiger partial charge in [0.2, 0.25) is 5.91 Å². The van der Waals surface area contributed by atoms with Crippen LogP contribution in [0.2, 0.25) is 0 Å². The summed E-state index contributed by atoms with van der Waals surface area (Å²) in [5.74, 6) is -0.0232. The molecule has 0 unspecified atom stereocenters. The van der Waals surface area contributed by atoms with E-state index in [2.05, 4.69) is 15.3 Å². The molecule has 2 aromatic rings. The van der Waals surface area contributed by atoms with Gasteiger partial charge >= 0.3 is 5.97 Å². The summed E-state index contributed by atoms with van der Waals surface area (Å²) in [6, 6.07) is 1.73. The third-order valence-corrected chi connectivity index (χ3v) is 4.03. The summed E-state index contributed by atoms with van der Waals surface area (Å²) < 4.78 is 4.70. The van der Waals surface area contributed by atoms with E-state index in [0.29, 0.717) is 17.1 Å². The normalized spacial score (nSPS) is 13.6. The number of aromatic nitrogens is 2. The van der Waals surface area contributed by atoms with E-state index in [4.69, 9.17) is 4.74 Å². The maximum Gasteiger partial charge on any atom is 0.338 e. The zero-order valence-corrected chi connectivity index (χ0v) is 12.2. The van der Waals surface area contributed by atoms with Crippen LogP contribution in [-0.2, 0) is 9.53 Å². The predicted octanol–water partition coefficient (Wildman–Crippen LogP) is 1.38. The first-order valence-electron chi connectivity index (χ1n) is 6.13. The van der Waals surface area contributed by atoms with Gasteiger partial charge in [0.05, 0.1) is 24.1 Å². The first kappa shape index (κ1) is 13.5. The highest BCUT2D eigenvalue weighted by molar-refractivity contribution is 7.13. The lowest BCUT2D eigenvalue weighted by atomic mass is 10.2. The summed E-state index contributed by atoms with van der Waals surface area (Å²) in [5.41, 5.74) is 1.91. The van der Waals surface area contributed by atoms with Crippen LogP contribution in [-0.4, -0.2) is 42.5 Å². The van der Waals surface area contributed by atoms with E-state index < -0.39 is 0 Å². The fraction of sp³-hybridized carbons (Fsp3) is 0.231. The Morgan fingerprint density at radius 1 is 1.48 bits per heavy atom. The monoisotopic (exact) mass is 304 g/mol. The molecule has 0 radical (unpaired) electrons. The Bertz CT molecular complexity index is 728. The van der Waals surface area contributed by atoms with E-state index in [9.17, 15) is 9.59 Å². The van der Waals surface area contributed by atoms with Crippen molar-refractivity contribution in [3.05, 3.63) is 23.3 Å². The van der Waals surface area contributed by atoms with Crippen molar-refractivity contribution in [1.29, 1.82) is 0 Å². The first-order valence-corrected chi connectivity index (χ1v) is 7.01. The van der Waals surface area contributed by atoms with E-state index in [1.807, 2.05) is 0 Å². The number of nitrogens with zero attached hydrogens (tertiary/aromatic N) is 3. The minimum atomic E-state index is -0.387. The summed E-state index contributed by atoms with van der Waals surface area (Å²) in [4.78, 5) is 34.1. The molecule has 1 aliphatic rings. The summed E-state index contributed by atoms with van der Waals surface area (Å²) in [5, 5.41) is 4.44. The lowest BCUT2D eigenvalue weighted by molar-refractivity contribution is -0.115. The van der Waals surface area contributed by atoms with Crippen LogP contribution in [0.1, 0.15) is 10.4 Å². The topological polar surface area (TPSA) is 84.4 Å². The number of likely N-dealkylation sites (N-methyl/N-ethyl adjacent to an activating group) is 1. The number of amides is 1. The minimum Gasteiger partial charge on any atom is -0.465 e. The van der Waals surface area contributed by atoms with Gasteiger partial charge in [-0.25, -0.2) is 14.8 Å². The van der Waals surface area contributed by atoms with Crippen LogP contribution in [0.5, 0.6) is 0 Å². The van der Waals surface area contributed by atoms with Crippen molar-refractivity contribution in [2.24, 2.45) is 0 Å². The Kier molecular flexibility index (Phi) is 3.30. The SMILES string of the molecule is COC(=O)c1csc(-c2ncnc3c2N(C)CC(=O)N3)c1. The van der Waals surface area contributed by atoms with Crippen LogP contribution in [0.4, 0.5) is 11.5 Å². The zero-order valence-electron chi connectivity index (χ0n) is 11.4. The summed E-state index contributed by atoms with van der Waals surface area (Å²) in [6.07, 6.45) is 1.39. The van der Waals surface area contributed by atoms with Gasteiger partial charge in [0, 0.05) is 12.4 Å². The number of anilines is 2. The number of thiophene rings is 1. The molecule has 0 atom stereocenters. The molecule has 1 amide bonds. The van der Waals surface area contributed by atoms with Gasteiger partial charge in [-0.1, -0.05) is 0 Å². The fourth-order valence-electron chi connectivity index (χ4n) is 2.16. The molecule has 3 rings (SSSR count). The number of carbonyl (C=O) groups excluding carboxylic acids is 2. The molecule has 0 bridgehead atoms. The number of methoxy groups -OCH3 is 1. The molecular formula is C13H12N4O3S. The van der Waals surface area contributed by atoms with Gasteiger partial charge in [-0.2, -0.15) is 0 Å².